The van der Waals surface area contributed by atoms with Crippen molar-refractivity contribution >= 4 is 43.2 Å². The van der Waals surface area contributed by atoms with Gasteiger partial charge in [0.05, 0.1) is 72.4 Å². The fourth-order valence-electron chi connectivity index (χ4n) is 9.87. The van der Waals surface area contributed by atoms with E-state index in [2.05, 4.69) is 19.4 Å². The van der Waals surface area contributed by atoms with Gasteiger partial charge in [-0.1, -0.05) is 10.3 Å². The van der Waals surface area contributed by atoms with E-state index >= 15 is 8.78 Å². The number of nitrogens with zero attached hydrogens (tertiary/aromatic N) is 6. The highest BCUT2D eigenvalue weighted by atomic mass is 32.2. The molecule has 80 heavy (non-hydrogen) atoms. The number of aromatic nitrogens is 2. The van der Waals surface area contributed by atoms with Crippen LogP contribution < -0.4 is 19.3 Å². The first-order valence-corrected chi connectivity index (χ1v) is 27.1. The molecule has 2 aromatic heterocycles. The molecule has 0 N–H and O–H groups in total. The molecule has 4 aromatic carbocycles. The Labute approximate surface area is 448 Å². The Balaban J connectivity index is 0.000000194. The summed E-state index contributed by atoms with van der Waals surface area (Å²) in [6.45, 7) is -1.01. The van der Waals surface area contributed by atoms with Gasteiger partial charge in [-0.05, 0) is 61.4 Å². The van der Waals surface area contributed by atoms with Gasteiger partial charge in [-0.15, -0.1) is 0 Å². The van der Waals surface area contributed by atoms with Crippen molar-refractivity contribution in [3.8, 4) is 33.8 Å². The molecule has 18 nitrogen and oxygen atoms in total. The normalized spacial score (nSPS) is 20.4. The summed E-state index contributed by atoms with van der Waals surface area (Å²) in [6, 6.07) is 8.57. The molecule has 6 heterocycles. The van der Waals surface area contributed by atoms with Crippen molar-refractivity contribution in [2.75, 3.05) is 63.4 Å². The molecule has 0 aliphatic carbocycles. The van der Waals surface area contributed by atoms with Crippen molar-refractivity contribution in [1.29, 1.82) is 0 Å². The van der Waals surface area contributed by atoms with Gasteiger partial charge in [0.25, 0.3) is 11.8 Å². The Hall–Kier alpha value is -7.12. The zero-order chi connectivity index (χ0) is 57.6. The fourth-order valence-corrected chi connectivity index (χ4v) is 12.8. The molecule has 428 valence electrons. The summed E-state index contributed by atoms with van der Waals surface area (Å²) in [7, 11) is -5.17. The molecule has 0 saturated carbocycles. The van der Waals surface area contributed by atoms with Gasteiger partial charge in [0.1, 0.15) is 72.0 Å². The Morgan fingerprint density at radius 3 is 1.26 bits per heavy atom. The van der Waals surface area contributed by atoms with Crippen molar-refractivity contribution in [3.63, 3.8) is 0 Å². The Kier molecular flexibility index (Phi) is 16.1. The van der Waals surface area contributed by atoms with Crippen LogP contribution in [0.5, 0.6) is 11.5 Å². The van der Waals surface area contributed by atoms with Crippen molar-refractivity contribution in [3.05, 3.63) is 131 Å². The quantitative estimate of drug-likeness (QED) is 0.107. The lowest BCUT2D eigenvalue weighted by molar-refractivity contribution is -0.138. The number of sulfonamides is 2. The molecule has 2 amide bonds. The van der Waals surface area contributed by atoms with Crippen LogP contribution in [0.1, 0.15) is 35.4 Å². The highest BCUT2D eigenvalue weighted by Gasteiger charge is 2.47. The highest BCUT2D eigenvalue weighted by Crippen LogP contribution is 2.44. The molecule has 6 aromatic rings. The SMILES string of the molecule is COc1cc(-c2cc(C(F)(F)F)ccc2F)c(F)cc1N1C(=O)CO[C@@H]2CN(S(=O)(=O)Cc3ccon3)CC[C@H]21.COc1cc(-c2cc(C(F)(F)F)ccc2F)c(F)cc1N1C(=O)CO[C@H]2CN(S(=O)(=O)Cc3ccon3)CC[C@@H]21. The molecule has 0 unspecified atom stereocenters. The van der Waals surface area contributed by atoms with E-state index in [0.717, 1.165) is 24.3 Å². The van der Waals surface area contributed by atoms with Crippen molar-refractivity contribution < 1.29 is 98.3 Å². The van der Waals surface area contributed by atoms with Gasteiger partial charge < -0.3 is 37.8 Å². The number of carbonyl (C=O) groups is 2. The second kappa shape index (κ2) is 22.4. The Bertz CT molecular complexity index is 3290. The molecule has 4 saturated heterocycles. The highest BCUT2D eigenvalue weighted by molar-refractivity contribution is 7.88. The third-order valence-electron chi connectivity index (χ3n) is 13.7. The number of fused-ring (bicyclic) bond motifs is 2. The van der Waals surface area contributed by atoms with Gasteiger partial charge in [0.2, 0.25) is 20.0 Å². The number of amides is 2. The van der Waals surface area contributed by atoms with Crippen LogP contribution in [0.25, 0.3) is 22.3 Å². The van der Waals surface area contributed by atoms with Crippen LogP contribution in [-0.4, -0.2) is 125 Å². The number of rotatable bonds is 12. The summed E-state index contributed by atoms with van der Waals surface area (Å²) in [5.74, 6) is -6.42. The number of methoxy groups -OCH3 is 2. The maximum absolute atomic E-state index is 15.4. The maximum atomic E-state index is 15.4. The van der Waals surface area contributed by atoms with E-state index in [1.807, 2.05) is 0 Å². The van der Waals surface area contributed by atoms with Gasteiger partial charge >= 0.3 is 12.4 Å². The number of hydrogen-bond acceptors (Lipinski definition) is 14. The van der Waals surface area contributed by atoms with E-state index in [4.69, 9.17) is 18.9 Å². The van der Waals surface area contributed by atoms with Gasteiger partial charge in [0, 0.05) is 72.7 Å². The molecule has 4 atom stereocenters. The smallest absolute Gasteiger partial charge is 0.416 e. The number of alkyl halides is 6. The van der Waals surface area contributed by atoms with Crippen LogP contribution in [0.15, 0.2) is 94.4 Å². The molecule has 4 aliphatic rings. The van der Waals surface area contributed by atoms with Crippen LogP contribution in [0.4, 0.5) is 55.3 Å². The van der Waals surface area contributed by atoms with Crippen molar-refractivity contribution in [2.24, 2.45) is 0 Å². The van der Waals surface area contributed by atoms with Crippen molar-refractivity contribution in [2.45, 2.75) is 61.0 Å². The first-order chi connectivity index (χ1) is 37.8. The van der Waals surface area contributed by atoms with E-state index in [1.54, 1.807) is 0 Å². The lowest BCUT2D eigenvalue weighted by Gasteiger charge is -2.46. The standard InChI is InChI=1S/2C25H22F5N3O6S/c2*1-37-22-9-17(16-8-14(25(28,29)30)2-3-18(16)26)19(27)10-21(22)33-20-4-6-32(11-23(20)38-12-24(33)34)40(35,36)13-15-5-7-39-31-15/h2*2-3,5,7-10,20,23H,4,6,11-13H2,1H3/t2*20-,23-/m10/s1. The summed E-state index contributed by atoms with van der Waals surface area (Å²) in [6.07, 6.45) is -8.34. The van der Waals surface area contributed by atoms with Gasteiger partial charge in [0.15, 0.2) is 0 Å². The van der Waals surface area contributed by atoms with Crippen LogP contribution in [0.2, 0.25) is 0 Å². The molecular formula is C50H44F10N6O12S2. The predicted molar refractivity (Wildman–Crippen MR) is 259 cm³/mol. The zero-order valence-corrected chi connectivity index (χ0v) is 43.3. The van der Waals surface area contributed by atoms with E-state index in [-0.39, 0.29) is 73.3 Å². The van der Waals surface area contributed by atoms with Crippen LogP contribution in [0.3, 0.4) is 0 Å². The molecule has 0 spiro atoms. The molecule has 0 radical (unpaired) electrons. The minimum absolute atomic E-state index is 0.0207. The fraction of sp³-hybridized carbons (Fsp3) is 0.360. The molecule has 0 bridgehead atoms. The minimum atomic E-state index is -4.78. The van der Waals surface area contributed by atoms with Crippen LogP contribution >= 0.6 is 0 Å². The topological polar surface area (TPSA) is 204 Å². The van der Waals surface area contributed by atoms with E-state index in [0.29, 0.717) is 36.4 Å². The van der Waals surface area contributed by atoms with E-state index in [1.165, 1.54) is 57.3 Å². The number of piperidine rings is 2. The van der Waals surface area contributed by atoms with Gasteiger partial charge in [-0.3, -0.25) is 9.59 Å². The molecule has 4 fully saturated rings. The molecule has 10 rings (SSSR count). The minimum Gasteiger partial charge on any atom is -0.495 e. The molecule has 30 heteroatoms. The Morgan fingerprint density at radius 1 is 0.550 bits per heavy atom. The monoisotopic (exact) mass is 1170 g/mol. The number of hydrogen-bond donors (Lipinski definition) is 0. The summed E-state index contributed by atoms with van der Waals surface area (Å²) >= 11 is 0. The van der Waals surface area contributed by atoms with E-state index < -0.39 is 150 Å². The maximum Gasteiger partial charge on any atom is 0.416 e. The second-order valence-electron chi connectivity index (χ2n) is 18.5. The average molecular weight is 1180 g/mol. The lowest BCUT2D eigenvalue weighted by Crippen LogP contribution is -2.62. The molecule has 4 aliphatic heterocycles. The van der Waals surface area contributed by atoms with Crippen LogP contribution in [0, 0.1) is 23.3 Å². The first kappa shape index (κ1) is 57.6. The summed E-state index contributed by atoms with van der Waals surface area (Å²) in [5.41, 5.74) is -4.21. The number of morpholine rings is 2. The number of ether oxygens (including phenoxy) is 4. The Morgan fingerprint density at radius 2 is 0.925 bits per heavy atom. The van der Waals surface area contributed by atoms with Crippen LogP contribution in [-0.2, 0) is 63.0 Å². The number of carbonyl (C=O) groups excluding carboxylic acids is 2. The van der Waals surface area contributed by atoms with E-state index in [9.17, 15) is 61.5 Å². The third-order valence-corrected chi connectivity index (χ3v) is 17.2. The summed E-state index contributed by atoms with van der Waals surface area (Å²) < 4.78 is 225. The second-order valence-corrected chi connectivity index (χ2v) is 22.5. The summed E-state index contributed by atoms with van der Waals surface area (Å²) in [4.78, 5) is 28.4. The predicted octanol–water partition coefficient (Wildman–Crippen LogP) is 7.97. The van der Waals surface area contributed by atoms with Crippen molar-refractivity contribution in [1.82, 2.24) is 18.9 Å². The largest absolute Gasteiger partial charge is 0.495 e. The first-order valence-electron chi connectivity index (χ1n) is 23.9. The molecular weight excluding hydrogens is 1130 g/mol. The number of benzene rings is 4. The summed E-state index contributed by atoms with van der Waals surface area (Å²) in [5, 5.41) is 7.25. The van der Waals surface area contributed by atoms with Gasteiger partial charge in [-0.25, -0.2) is 34.4 Å². The third kappa shape index (κ3) is 11.9. The average Bonchev–Trinajstić information content (AvgIpc) is 4.24. The lowest BCUT2D eigenvalue weighted by atomic mass is 9.97. The van der Waals surface area contributed by atoms with Gasteiger partial charge in [-0.2, -0.15) is 35.0 Å². The number of halogens is 10. The zero-order valence-electron chi connectivity index (χ0n) is 41.6. The number of anilines is 2.